The second-order valence-electron chi connectivity index (χ2n) is 3.08. The fraction of sp³-hybridized carbons (Fsp3) is 0.300. The normalized spacial score (nSPS) is 9.67. The number of terminal acetylenes is 1. The van der Waals surface area contributed by atoms with Crippen LogP contribution in [0, 0.1) is 12.3 Å². The summed E-state index contributed by atoms with van der Waals surface area (Å²) in [5.74, 6) is 1.89. The van der Waals surface area contributed by atoms with Crippen LogP contribution in [-0.4, -0.2) is 14.9 Å². The first-order chi connectivity index (χ1) is 6.99. The Kier molecular flexibility index (Phi) is 2.90. The van der Waals surface area contributed by atoms with Crippen molar-refractivity contribution < 1.29 is 4.79 Å². The van der Waals surface area contributed by atoms with Crippen LogP contribution in [0.4, 0.5) is 0 Å². The molecule has 0 atom stereocenters. The predicted octanol–water partition coefficient (Wildman–Crippen LogP) is -0.617. The van der Waals surface area contributed by atoms with E-state index < -0.39 is 11.2 Å². The van der Waals surface area contributed by atoms with Crippen molar-refractivity contribution in [2.24, 2.45) is 7.05 Å². The lowest BCUT2D eigenvalue weighted by Gasteiger charge is -2.05. The summed E-state index contributed by atoms with van der Waals surface area (Å²) in [5.41, 5.74) is -1.16. The zero-order valence-electron chi connectivity index (χ0n) is 8.48. The van der Waals surface area contributed by atoms with E-state index in [1.54, 1.807) is 0 Å². The number of hydrogen-bond donors (Lipinski definition) is 0. The van der Waals surface area contributed by atoms with Gasteiger partial charge in [0.15, 0.2) is 5.78 Å². The van der Waals surface area contributed by atoms with Crippen LogP contribution in [0.1, 0.15) is 17.3 Å². The van der Waals surface area contributed by atoms with Crippen molar-refractivity contribution in [3.05, 3.63) is 32.6 Å². The summed E-state index contributed by atoms with van der Waals surface area (Å²) in [6.07, 6.45) is 6.26. The molecule has 78 valence electrons. The largest absolute Gasteiger partial charge is 0.331 e. The van der Waals surface area contributed by atoms with Gasteiger partial charge < -0.3 is 0 Å². The molecule has 0 saturated carbocycles. The molecule has 5 nitrogen and oxygen atoms in total. The minimum absolute atomic E-state index is 0.0349. The Morgan fingerprint density at radius 3 is 2.60 bits per heavy atom. The zero-order chi connectivity index (χ0) is 11.6. The van der Waals surface area contributed by atoms with Gasteiger partial charge >= 0.3 is 5.69 Å². The van der Waals surface area contributed by atoms with Crippen molar-refractivity contribution in [2.75, 3.05) is 0 Å². The summed E-state index contributed by atoms with van der Waals surface area (Å²) in [6, 6.07) is 0. The van der Waals surface area contributed by atoms with E-state index in [1.807, 2.05) is 0 Å². The van der Waals surface area contributed by atoms with Gasteiger partial charge in [0, 0.05) is 13.2 Å². The van der Waals surface area contributed by atoms with Gasteiger partial charge in [-0.3, -0.25) is 18.7 Å². The van der Waals surface area contributed by atoms with Gasteiger partial charge in [0.25, 0.3) is 5.56 Å². The van der Waals surface area contributed by atoms with E-state index in [9.17, 15) is 14.4 Å². The molecule has 0 saturated heterocycles. The van der Waals surface area contributed by atoms with Gasteiger partial charge in [-0.15, -0.1) is 6.42 Å². The minimum Gasteiger partial charge on any atom is -0.294 e. The summed E-state index contributed by atoms with van der Waals surface area (Å²) in [5, 5.41) is 0. The van der Waals surface area contributed by atoms with Gasteiger partial charge in [-0.25, -0.2) is 4.79 Å². The second-order valence-corrected chi connectivity index (χ2v) is 3.08. The highest BCUT2D eigenvalue weighted by Gasteiger charge is 2.11. The zero-order valence-corrected chi connectivity index (χ0v) is 8.48. The van der Waals surface area contributed by atoms with Crippen molar-refractivity contribution in [1.29, 1.82) is 0 Å². The maximum absolute atomic E-state index is 11.5. The van der Waals surface area contributed by atoms with Crippen molar-refractivity contribution in [1.82, 2.24) is 9.13 Å². The van der Waals surface area contributed by atoms with Crippen LogP contribution in [0.25, 0.3) is 0 Å². The third kappa shape index (κ3) is 1.89. The number of ketones is 1. The molecule has 0 aromatic carbocycles. The maximum atomic E-state index is 11.5. The Morgan fingerprint density at radius 1 is 1.53 bits per heavy atom. The highest BCUT2D eigenvalue weighted by molar-refractivity contribution is 5.93. The van der Waals surface area contributed by atoms with Crippen molar-refractivity contribution in [3.8, 4) is 12.3 Å². The fourth-order valence-electron chi connectivity index (χ4n) is 1.18. The number of carbonyl (C=O) groups is 1. The number of rotatable bonds is 2. The molecule has 0 amide bonds. The van der Waals surface area contributed by atoms with Gasteiger partial charge in [-0.1, -0.05) is 5.92 Å². The van der Waals surface area contributed by atoms with E-state index in [0.717, 1.165) is 9.13 Å². The summed E-state index contributed by atoms with van der Waals surface area (Å²) in [4.78, 5) is 34.0. The highest BCUT2D eigenvalue weighted by Crippen LogP contribution is 1.90. The first-order valence-corrected chi connectivity index (χ1v) is 4.24. The van der Waals surface area contributed by atoms with Gasteiger partial charge in [-0.2, -0.15) is 0 Å². The third-order valence-electron chi connectivity index (χ3n) is 1.99. The van der Waals surface area contributed by atoms with E-state index in [1.165, 1.54) is 20.2 Å². The lowest BCUT2D eigenvalue weighted by atomic mass is 10.2. The molecule has 0 aliphatic heterocycles. The molecule has 0 aliphatic rings. The molecule has 1 aromatic rings. The van der Waals surface area contributed by atoms with E-state index in [-0.39, 0.29) is 17.9 Å². The quantitative estimate of drug-likeness (QED) is 0.478. The lowest BCUT2D eigenvalue weighted by Crippen LogP contribution is -2.40. The average molecular weight is 206 g/mol. The fourth-order valence-corrected chi connectivity index (χ4v) is 1.18. The SMILES string of the molecule is C#CCn1cc(C(C)=O)c(=O)n(C)c1=O. The van der Waals surface area contributed by atoms with Crippen LogP contribution in [0.15, 0.2) is 15.8 Å². The molecule has 0 fully saturated rings. The molecule has 1 rings (SSSR count). The van der Waals surface area contributed by atoms with Gasteiger partial charge in [0.05, 0.1) is 12.1 Å². The van der Waals surface area contributed by atoms with E-state index in [2.05, 4.69) is 5.92 Å². The van der Waals surface area contributed by atoms with Crippen LogP contribution >= 0.6 is 0 Å². The molecule has 1 heterocycles. The van der Waals surface area contributed by atoms with Crippen LogP contribution in [0.3, 0.4) is 0 Å². The van der Waals surface area contributed by atoms with Crippen LogP contribution in [-0.2, 0) is 13.6 Å². The van der Waals surface area contributed by atoms with Crippen molar-refractivity contribution >= 4 is 5.78 Å². The van der Waals surface area contributed by atoms with E-state index in [4.69, 9.17) is 6.42 Å². The third-order valence-corrected chi connectivity index (χ3v) is 1.99. The number of aromatic nitrogens is 2. The Hall–Kier alpha value is -2.09. The van der Waals surface area contributed by atoms with Crippen LogP contribution < -0.4 is 11.2 Å². The molecule has 0 N–H and O–H groups in total. The standard InChI is InChI=1S/C10H10N2O3/c1-4-5-12-6-8(7(2)13)9(14)11(3)10(12)15/h1,6H,5H2,2-3H3. The summed E-state index contributed by atoms with van der Waals surface area (Å²) >= 11 is 0. The monoisotopic (exact) mass is 206 g/mol. The topological polar surface area (TPSA) is 61.1 Å². The lowest BCUT2D eigenvalue weighted by molar-refractivity contribution is 0.101. The average Bonchev–Trinajstić information content (AvgIpc) is 2.18. The summed E-state index contributed by atoms with van der Waals surface area (Å²) in [6.45, 7) is 1.30. The minimum atomic E-state index is -0.597. The summed E-state index contributed by atoms with van der Waals surface area (Å²) < 4.78 is 2.02. The van der Waals surface area contributed by atoms with Gasteiger partial charge in [0.2, 0.25) is 0 Å². The number of hydrogen-bond acceptors (Lipinski definition) is 3. The Balaban J connectivity index is 3.62. The van der Waals surface area contributed by atoms with Crippen LogP contribution in [0.5, 0.6) is 0 Å². The molecule has 0 bridgehead atoms. The Morgan fingerprint density at radius 2 is 2.13 bits per heavy atom. The van der Waals surface area contributed by atoms with Crippen molar-refractivity contribution in [2.45, 2.75) is 13.5 Å². The molecule has 0 radical (unpaired) electrons. The first-order valence-electron chi connectivity index (χ1n) is 4.24. The van der Waals surface area contributed by atoms with Gasteiger partial charge in [0.1, 0.15) is 0 Å². The van der Waals surface area contributed by atoms with Crippen LogP contribution in [0.2, 0.25) is 0 Å². The number of Topliss-reactive ketones (excluding diaryl/α,β-unsaturated/α-hetero) is 1. The van der Waals surface area contributed by atoms with E-state index in [0.29, 0.717) is 0 Å². The van der Waals surface area contributed by atoms with E-state index >= 15 is 0 Å². The second kappa shape index (κ2) is 3.96. The maximum Gasteiger partial charge on any atom is 0.331 e. The van der Waals surface area contributed by atoms with Crippen molar-refractivity contribution in [3.63, 3.8) is 0 Å². The number of carbonyl (C=O) groups excluding carboxylic acids is 1. The molecule has 1 aromatic heterocycles. The Bertz CT molecular complexity index is 558. The van der Waals surface area contributed by atoms with Gasteiger partial charge in [-0.05, 0) is 6.92 Å². The summed E-state index contributed by atoms with van der Waals surface area (Å²) in [7, 11) is 1.31. The highest BCUT2D eigenvalue weighted by atomic mass is 16.2. The Labute approximate surface area is 86.0 Å². The molecule has 0 aliphatic carbocycles. The predicted molar refractivity (Wildman–Crippen MR) is 54.8 cm³/mol. The molecular formula is C10H10N2O3. The molecule has 0 spiro atoms. The molecule has 15 heavy (non-hydrogen) atoms. The number of nitrogens with zero attached hydrogens (tertiary/aromatic N) is 2. The first kappa shape index (κ1) is 11.0. The smallest absolute Gasteiger partial charge is 0.294 e. The molecule has 5 heteroatoms. The molecular weight excluding hydrogens is 196 g/mol. The molecule has 0 unspecified atom stereocenters.